The topological polar surface area (TPSA) is 72.6 Å². The van der Waals surface area contributed by atoms with E-state index in [1.165, 1.54) is 4.31 Å². The Morgan fingerprint density at radius 2 is 1.85 bits per heavy atom. The van der Waals surface area contributed by atoms with E-state index in [9.17, 15) is 8.42 Å². The predicted molar refractivity (Wildman–Crippen MR) is 82.2 cm³/mol. The third kappa shape index (κ3) is 4.77. The maximum atomic E-state index is 12.3. The van der Waals surface area contributed by atoms with Gasteiger partial charge in [-0.3, -0.25) is 4.31 Å². The second kappa shape index (κ2) is 7.61. The number of nitrogens with zero attached hydrogens (tertiary/aromatic N) is 1. The summed E-state index contributed by atoms with van der Waals surface area (Å²) in [6.07, 6.45) is 0.0316. The fourth-order valence-corrected chi connectivity index (χ4v) is 3.20. The van der Waals surface area contributed by atoms with Crippen LogP contribution in [0.25, 0.3) is 0 Å². The molecule has 0 aromatic heterocycles. The number of hydrogen-bond acceptors (Lipinski definition) is 4. The molecule has 0 unspecified atom stereocenters. The second-order valence-electron chi connectivity index (χ2n) is 4.77. The van der Waals surface area contributed by atoms with Crippen LogP contribution in [0.15, 0.2) is 24.3 Å². The summed E-state index contributed by atoms with van der Waals surface area (Å²) in [6.45, 7) is 6.63. The van der Waals surface area contributed by atoms with E-state index < -0.39 is 10.0 Å². The van der Waals surface area contributed by atoms with E-state index in [4.69, 9.17) is 10.5 Å². The molecule has 114 valence electrons. The van der Waals surface area contributed by atoms with Crippen LogP contribution in [0, 0.1) is 0 Å². The fraction of sp³-hybridized carbons (Fsp3) is 0.571. The van der Waals surface area contributed by atoms with Gasteiger partial charge in [-0.05, 0) is 38.5 Å². The average molecular weight is 300 g/mol. The van der Waals surface area contributed by atoms with Gasteiger partial charge in [-0.25, -0.2) is 8.42 Å². The average Bonchev–Trinajstić information content (AvgIpc) is 2.39. The van der Waals surface area contributed by atoms with E-state index in [1.807, 2.05) is 32.9 Å². The minimum absolute atomic E-state index is 0.0162. The summed E-state index contributed by atoms with van der Waals surface area (Å²) in [5.41, 5.74) is 7.18. The van der Waals surface area contributed by atoms with Crippen molar-refractivity contribution in [3.05, 3.63) is 29.8 Å². The van der Waals surface area contributed by atoms with Crippen LogP contribution >= 0.6 is 0 Å². The molecule has 0 atom stereocenters. The van der Waals surface area contributed by atoms with E-state index >= 15 is 0 Å². The molecule has 0 aliphatic carbocycles. The first-order valence-electron chi connectivity index (χ1n) is 6.81. The van der Waals surface area contributed by atoms with Gasteiger partial charge in [0, 0.05) is 13.1 Å². The minimum atomic E-state index is -3.36. The van der Waals surface area contributed by atoms with Crippen LogP contribution in [0.3, 0.4) is 0 Å². The van der Waals surface area contributed by atoms with Crippen molar-refractivity contribution < 1.29 is 13.2 Å². The largest absolute Gasteiger partial charge is 0.378 e. The monoisotopic (exact) mass is 300 g/mol. The van der Waals surface area contributed by atoms with Gasteiger partial charge in [0.1, 0.15) is 0 Å². The fourth-order valence-electron chi connectivity index (χ4n) is 1.84. The molecule has 1 rings (SSSR count). The summed E-state index contributed by atoms with van der Waals surface area (Å²) in [5, 5.41) is 0. The van der Waals surface area contributed by atoms with Gasteiger partial charge < -0.3 is 10.5 Å². The van der Waals surface area contributed by atoms with Gasteiger partial charge in [-0.1, -0.05) is 12.1 Å². The number of benzene rings is 1. The maximum absolute atomic E-state index is 12.3. The maximum Gasteiger partial charge on any atom is 0.237 e. The molecule has 0 saturated carbocycles. The Morgan fingerprint density at radius 1 is 1.25 bits per heavy atom. The molecule has 0 saturated heterocycles. The first-order chi connectivity index (χ1) is 9.40. The van der Waals surface area contributed by atoms with Crippen molar-refractivity contribution in [1.29, 1.82) is 0 Å². The van der Waals surface area contributed by atoms with Crippen LogP contribution in [-0.4, -0.2) is 33.4 Å². The molecule has 0 bridgehead atoms. The number of anilines is 1. The molecule has 0 radical (unpaired) electrons. The first-order valence-corrected chi connectivity index (χ1v) is 8.42. The molecule has 2 N–H and O–H groups in total. The normalized spacial score (nSPS) is 11.8. The van der Waals surface area contributed by atoms with Crippen molar-refractivity contribution in [2.24, 2.45) is 5.73 Å². The molecule has 1 aromatic carbocycles. The number of rotatable bonds is 8. The van der Waals surface area contributed by atoms with Gasteiger partial charge in [-0.15, -0.1) is 0 Å². The second-order valence-corrected chi connectivity index (χ2v) is 6.78. The Bertz CT molecular complexity index is 498. The van der Waals surface area contributed by atoms with E-state index in [-0.39, 0.29) is 18.5 Å². The highest BCUT2D eigenvalue weighted by atomic mass is 32.2. The lowest BCUT2D eigenvalue weighted by Gasteiger charge is -2.23. The minimum Gasteiger partial charge on any atom is -0.378 e. The zero-order valence-corrected chi connectivity index (χ0v) is 13.2. The molecule has 1 aromatic rings. The molecule has 0 fully saturated rings. The highest BCUT2D eigenvalue weighted by Gasteiger charge is 2.20. The quantitative estimate of drug-likeness (QED) is 0.793. The van der Waals surface area contributed by atoms with Gasteiger partial charge in [-0.2, -0.15) is 0 Å². The van der Waals surface area contributed by atoms with Gasteiger partial charge in [0.25, 0.3) is 0 Å². The Labute approximate surface area is 121 Å². The molecule has 5 nitrogen and oxygen atoms in total. The lowest BCUT2D eigenvalue weighted by molar-refractivity contribution is 0.0912. The van der Waals surface area contributed by atoms with Crippen LogP contribution in [-0.2, 0) is 21.3 Å². The first kappa shape index (κ1) is 16.9. The van der Waals surface area contributed by atoms with Gasteiger partial charge in [0.15, 0.2) is 0 Å². The highest BCUT2D eigenvalue weighted by Crippen LogP contribution is 2.19. The zero-order valence-electron chi connectivity index (χ0n) is 12.4. The van der Waals surface area contributed by atoms with E-state index in [2.05, 4.69) is 0 Å². The number of sulfonamides is 1. The SMILES string of the molecule is CCN(c1ccc(CN)cc1)S(=O)(=O)CCOC(C)C. The predicted octanol–water partition coefficient (Wildman–Crippen LogP) is 1.73. The zero-order chi connectivity index (χ0) is 15.2. The summed E-state index contributed by atoms with van der Waals surface area (Å²) in [7, 11) is -3.36. The highest BCUT2D eigenvalue weighted by molar-refractivity contribution is 7.92. The van der Waals surface area contributed by atoms with Crippen molar-refractivity contribution in [2.45, 2.75) is 33.4 Å². The summed E-state index contributed by atoms with van der Waals surface area (Å²) < 4.78 is 31.4. The standard InChI is InChI=1S/C14H24N2O3S/c1-4-16(14-7-5-13(11-15)6-8-14)20(17,18)10-9-19-12(2)3/h5-8,12H,4,9-11,15H2,1-3H3. The summed E-state index contributed by atoms with van der Waals surface area (Å²) in [6, 6.07) is 7.26. The van der Waals surface area contributed by atoms with Crippen LogP contribution in [0.1, 0.15) is 26.3 Å². The Morgan fingerprint density at radius 3 is 2.30 bits per heavy atom. The number of ether oxygens (including phenoxy) is 1. The number of nitrogens with two attached hydrogens (primary N) is 1. The van der Waals surface area contributed by atoms with E-state index in [0.717, 1.165) is 5.56 Å². The van der Waals surface area contributed by atoms with E-state index in [0.29, 0.717) is 18.8 Å². The Balaban J connectivity index is 2.82. The Hall–Kier alpha value is -1.11. The summed E-state index contributed by atoms with van der Waals surface area (Å²) in [5.74, 6) is -0.0162. The molecule has 20 heavy (non-hydrogen) atoms. The van der Waals surface area contributed by atoms with Gasteiger partial charge in [0.05, 0.1) is 24.2 Å². The molecule has 0 heterocycles. The van der Waals surface area contributed by atoms with Crippen molar-refractivity contribution in [2.75, 3.05) is 23.2 Å². The van der Waals surface area contributed by atoms with Crippen molar-refractivity contribution in [3.63, 3.8) is 0 Å². The molecule has 6 heteroatoms. The van der Waals surface area contributed by atoms with Crippen LogP contribution < -0.4 is 10.0 Å². The van der Waals surface area contributed by atoms with E-state index in [1.54, 1.807) is 12.1 Å². The molecule has 0 spiro atoms. The molecular formula is C14H24N2O3S. The third-order valence-corrected chi connectivity index (χ3v) is 4.70. The van der Waals surface area contributed by atoms with Gasteiger partial charge in [0.2, 0.25) is 10.0 Å². The third-order valence-electron chi connectivity index (χ3n) is 2.88. The molecule has 0 aliphatic heterocycles. The number of hydrogen-bond donors (Lipinski definition) is 1. The smallest absolute Gasteiger partial charge is 0.237 e. The van der Waals surface area contributed by atoms with Crippen molar-refractivity contribution in [1.82, 2.24) is 0 Å². The summed E-state index contributed by atoms with van der Waals surface area (Å²) >= 11 is 0. The van der Waals surface area contributed by atoms with Crippen LogP contribution in [0.2, 0.25) is 0 Å². The lowest BCUT2D eigenvalue weighted by atomic mass is 10.2. The van der Waals surface area contributed by atoms with Crippen LogP contribution in [0.5, 0.6) is 0 Å². The molecular weight excluding hydrogens is 276 g/mol. The molecule has 0 amide bonds. The lowest BCUT2D eigenvalue weighted by Crippen LogP contribution is -2.34. The Kier molecular flexibility index (Phi) is 6.45. The van der Waals surface area contributed by atoms with Crippen molar-refractivity contribution >= 4 is 15.7 Å². The summed E-state index contributed by atoms with van der Waals surface area (Å²) in [4.78, 5) is 0. The molecule has 0 aliphatic rings. The van der Waals surface area contributed by atoms with Gasteiger partial charge >= 0.3 is 0 Å². The van der Waals surface area contributed by atoms with Crippen LogP contribution in [0.4, 0.5) is 5.69 Å². The van der Waals surface area contributed by atoms with Crippen molar-refractivity contribution in [3.8, 4) is 0 Å².